The normalized spacial score (nSPS) is 12.9. The maximum atomic E-state index is 8.87. The van der Waals surface area contributed by atoms with Gasteiger partial charge >= 0.3 is 0 Å². The van der Waals surface area contributed by atoms with Crippen LogP contribution in [0, 0.1) is 0 Å². The molecule has 0 fully saturated rings. The Morgan fingerprint density at radius 3 is 2.52 bits per heavy atom. The Hall–Kier alpha value is -1.46. The first-order valence-electron chi connectivity index (χ1n) is 7.15. The molecule has 1 unspecified atom stereocenters. The summed E-state index contributed by atoms with van der Waals surface area (Å²) in [6, 6.07) is 5.92. The van der Waals surface area contributed by atoms with Crippen LogP contribution in [-0.4, -0.2) is 44.2 Å². The molecule has 0 saturated heterocycles. The van der Waals surface area contributed by atoms with Gasteiger partial charge in [0.25, 0.3) is 0 Å². The number of rotatable bonds is 9. The van der Waals surface area contributed by atoms with Gasteiger partial charge in [-0.2, -0.15) is 0 Å². The van der Waals surface area contributed by atoms with Crippen molar-refractivity contribution in [1.82, 2.24) is 0 Å². The summed E-state index contributed by atoms with van der Waals surface area (Å²) in [7, 11) is 3.32. The van der Waals surface area contributed by atoms with Crippen LogP contribution in [0.1, 0.15) is 27.2 Å². The van der Waals surface area contributed by atoms with Crippen LogP contribution in [0.25, 0.3) is 0 Å². The lowest BCUT2D eigenvalue weighted by atomic mass is 9.99. The van der Waals surface area contributed by atoms with E-state index < -0.39 is 0 Å². The monoisotopic (exact) mass is 297 g/mol. The van der Waals surface area contributed by atoms with Crippen LogP contribution in [0.3, 0.4) is 0 Å². The van der Waals surface area contributed by atoms with E-state index in [1.165, 1.54) is 0 Å². The first kappa shape index (κ1) is 17.6. The maximum absolute atomic E-state index is 8.87. The molecule has 0 heterocycles. The number of nitrogens with one attached hydrogen (secondary N) is 1. The fourth-order valence-corrected chi connectivity index (χ4v) is 2.19. The minimum atomic E-state index is -0.172. The molecule has 0 saturated carbocycles. The Balaban J connectivity index is 2.74. The molecule has 0 aliphatic carbocycles. The zero-order chi connectivity index (χ0) is 15.9. The van der Waals surface area contributed by atoms with E-state index in [-0.39, 0.29) is 24.9 Å². The third kappa shape index (κ3) is 5.81. The lowest BCUT2D eigenvalue weighted by Crippen LogP contribution is -2.31. The molecular formula is C16H27NO4. The lowest BCUT2D eigenvalue weighted by molar-refractivity contribution is 0.0128. The van der Waals surface area contributed by atoms with Crippen molar-refractivity contribution >= 4 is 5.69 Å². The molecule has 0 aliphatic heterocycles. The molecule has 1 rings (SSSR count). The van der Waals surface area contributed by atoms with Gasteiger partial charge in [0.15, 0.2) is 11.5 Å². The minimum absolute atomic E-state index is 0.0285. The second-order valence-electron chi connectivity index (χ2n) is 5.65. The SMILES string of the molecule is COc1ccc(NC(C)CC(C)(C)OC)cc1OCCO. The van der Waals surface area contributed by atoms with Crippen molar-refractivity contribution in [2.75, 3.05) is 32.8 Å². The van der Waals surface area contributed by atoms with Gasteiger partial charge in [-0.15, -0.1) is 0 Å². The molecule has 5 heteroatoms. The molecule has 21 heavy (non-hydrogen) atoms. The fraction of sp³-hybridized carbons (Fsp3) is 0.625. The second-order valence-corrected chi connectivity index (χ2v) is 5.65. The van der Waals surface area contributed by atoms with Gasteiger partial charge < -0.3 is 24.6 Å². The van der Waals surface area contributed by atoms with E-state index in [4.69, 9.17) is 19.3 Å². The van der Waals surface area contributed by atoms with E-state index in [0.717, 1.165) is 12.1 Å². The van der Waals surface area contributed by atoms with Crippen molar-refractivity contribution in [3.8, 4) is 11.5 Å². The number of aliphatic hydroxyl groups is 1. The van der Waals surface area contributed by atoms with Crippen molar-refractivity contribution in [2.24, 2.45) is 0 Å². The van der Waals surface area contributed by atoms with Gasteiger partial charge in [-0.25, -0.2) is 0 Å². The van der Waals surface area contributed by atoms with Gasteiger partial charge in [-0.1, -0.05) is 0 Å². The highest BCUT2D eigenvalue weighted by atomic mass is 16.5. The molecule has 0 aliphatic rings. The third-order valence-electron chi connectivity index (χ3n) is 3.28. The summed E-state index contributed by atoms with van der Waals surface area (Å²) in [5.74, 6) is 1.27. The van der Waals surface area contributed by atoms with Crippen molar-refractivity contribution in [2.45, 2.75) is 38.8 Å². The van der Waals surface area contributed by atoms with E-state index in [9.17, 15) is 0 Å². The Morgan fingerprint density at radius 2 is 1.95 bits per heavy atom. The van der Waals surface area contributed by atoms with Gasteiger partial charge in [0, 0.05) is 24.9 Å². The molecule has 1 aromatic carbocycles. The molecule has 0 bridgehead atoms. The Bertz CT molecular complexity index is 434. The van der Waals surface area contributed by atoms with Crippen molar-refractivity contribution in [3.05, 3.63) is 18.2 Å². The number of hydrogen-bond donors (Lipinski definition) is 2. The second kappa shape index (κ2) is 8.10. The molecule has 2 N–H and O–H groups in total. The standard InChI is InChI=1S/C16H27NO4/c1-12(11-16(2,3)20-5)17-13-6-7-14(19-4)15(10-13)21-9-8-18/h6-7,10,12,17-18H,8-9,11H2,1-5H3. The summed E-state index contributed by atoms with van der Waals surface area (Å²) in [4.78, 5) is 0. The number of aliphatic hydroxyl groups excluding tert-OH is 1. The topological polar surface area (TPSA) is 60.0 Å². The molecule has 1 aromatic rings. The van der Waals surface area contributed by atoms with Gasteiger partial charge in [0.05, 0.1) is 19.3 Å². The van der Waals surface area contributed by atoms with Crippen LogP contribution in [0.5, 0.6) is 11.5 Å². The predicted molar refractivity (Wildman–Crippen MR) is 84.4 cm³/mol. The average molecular weight is 297 g/mol. The Morgan fingerprint density at radius 1 is 1.24 bits per heavy atom. The molecule has 0 amide bonds. The van der Waals surface area contributed by atoms with Crippen LogP contribution in [-0.2, 0) is 4.74 Å². The average Bonchev–Trinajstić information content (AvgIpc) is 2.44. The van der Waals surface area contributed by atoms with Gasteiger partial charge in [0.1, 0.15) is 6.61 Å². The number of ether oxygens (including phenoxy) is 3. The zero-order valence-corrected chi connectivity index (χ0v) is 13.6. The van der Waals surface area contributed by atoms with Crippen molar-refractivity contribution in [3.63, 3.8) is 0 Å². The highest BCUT2D eigenvalue weighted by molar-refractivity contribution is 5.55. The van der Waals surface area contributed by atoms with E-state index >= 15 is 0 Å². The Kier molecular flexibility index (Phi) is 6.78. The number of anilines is 1. The lowest BCUT2D eigenvalue weighted by Gasteiger charge is -2.27. The summed E-state index contributed by atoms with van der Waals surface area (Å²) < 4.78 is 16.2. The maximum Gasteiger partial charge on any atom is 0.163 e. The Labute approximate surface area is 127 Å². The van der Waals surface area contributed by atoms with E-state index in [2.05, 4.69) is 26.1 Å². The van der Waals surface area contributed by atoms with E-state index in [1.54, 1.807) is 14.2 Å². The number of hydrogen-bond acceptors (Lipinski definition) is 5. The molecule has 0 spiro atoms. The fourth-order valence-electron chi connectivity index (χ4n) is 2.19. The largest absolute Gasteiger partial charge is 0.493 e. The van der Waals surface area contributed by atoms with Gasteiger partial charge in [-0.3, -0.25) is 0 Å². The summed E-state index contributed by atoms with van der Waals surface area (Å²) in [6.07, 6.45) is 0.877. The summed E-state index contributed by atoms with van der Waals surface area (Å²) in [5.41, 5.74) is 0.776. The first-order valence-corrected chi connectivity index (χ1v) is 7.15. The first-order chi connectivity index (χ1) is 9.91. The number of benzene rings is 1. The van der Waals surface area contributed by atoms with Crippen LogP contribution >= 0.6 is 0 Å². The van der Waals surface area contributed by atoms with Gasteiger partial charge in [0.2, 0.25) is 0 Å². The smallest absolute Gasteiger partial charge is 0.163 e. The van der Waals surface area contributed by atoms with Crippen LogP contribution in [0.4, 0.5) is 5.69 Å². The third-order valence-corrected chi connectivity index (χ3v) is 3.28. The van der Waals surface area contributed by atoms with E-state index in [0.29, 0.717) is 11.5 Å². The van der Waals surface area contributed by atoms with Crippen molar-refractivity contribution < 1.29 is 19.3 Å². The number of methoxy groups -OCH3 is 2. The summed E-state index contributed by atoms with van der Waals surface area (Å²) in [6.45, 7) is 6.45. The summed E-state index contributed by atoms with van der Waals surface area (Å²) >= 11 is 0. The minimum Gasteiger partial charge on any atom is -0.493 e. The highest BCUT2D eigenvalue weighted by Gasteiger charge is 2.20. The predicted octanol–water partition coefficient (Wildman–Crippen LogP) is 2.68. The van der Waals surface area contributed by atoms with Crippen molar-refractivity contribution in [1.29, 1.82) is 0 Å². The molecule has 1 atom stereocenters. The van der Waals surface area contributed by atoms with Crippen LogP contribution in [0.2, 0.25) is 0 Å². The van der Waals surface area contributed by atoms with Gasteiger partial charge in [-0.05, 0) is 39.3 Å². The van der Waals surface area contributed by atoms with E-state index in [1.807, 2.05) is 18.2 Å². The quantitative estimate of drug-likeness (QED) is 0.734. The summed E-state index contributed by atoms with van der Waals surface area (Å²) in [5, 5.41) is 12.3. The molecule has 120 valence electrons. The zero-order valence-electron chi connectivity index (χ0n) is 13.6. The molecule has 5 nitrogen and oxygen atoms in total. The van der Waals surface area contributed by atoms with Crippen LogP contribution < -0.4 is 14.8 Å². The molecule has 0 aromatic heterocycles. The molecule has 0 radical (unpaired) electrons. The van der Waals surface area contributed by atoms with Crippen LogP contribution in [0.15, 0.2) is 18.2 Å². The molecular weight excluding hydrogens is 270 g/mol. The highest BCUT2D eigenvalue weighted by Crippen LogP contribution is 2.31.